The van der Waals surface area contributed by atoms with Gasteiger partial charge >= 0.3 is 12.2 Å². The molecule has 2 amide bonds. The van der Waals surface area contributed by atoms with Gasteiger partial charge in [-0.3, -0.25) is 4.84 Å². The Kier molecular flexibility index (Phi) is 3.66. The van der Waals surface area contributed by atoms with Gasteiger partial charge in [0.15, 0.2) is 6.61 Å². The van der Waals surface area contributed by atoms with Gasteiger partial charge in [-0.25, -0.2) is 10.3 Å². The van der Waals surface area contributed by atoms with Gasteiger partial charge in [-0.15, -0.1) is 0 Å². The average molecular weight is 172 g/mol. The number of nitrogens with one attached hydrogen (secondary N) is 2. The van der Waals surface area contributed by atoms with Crippen molar-refractivity contribution in [1.82, 2.24) is 10.8 Å². The fourth-order valence-electron chi connectivity index (χ4n) is 0.234. The first-order chi connectivity index (χ1) is 4.95. The fourth-order valence-corrected chi connectivity index (χ4v) is 0.234. The molecule has 11 heavy (non-hydrogen) atoms. The lowest BCUT2D eigenvalue weighted by Crippen LogP contribution is -2.35. The van der Waals surface area contributed by atoms with Gasteiger partial charge in [0.2, 0.25) is 0 Å². The van der Waals surface area contributed by atoms with Crippen molar-refractivity contribution in [2.24, 2.45) is 0 Å². The SMILES string of the molecule is CNC(=O)NOCC(F)(F)F. The van der Waals surface area contributed by atoms with E-state index in [1.807, 2.05) is 5.32 Å². The lowest BCUT2D eigenvalue weighted by molar-refractivity contribution is -0.184. The van der Waals surface area contributed by atoms with Crippen molar-refractivity contribution in [2.75, 3.05) is 13.7 Å². The van der Waals surface area contributed by atoms with Crippen LogP contribution in [0.3, 0.4) is 0 Å². The van der Waals surface area contributed by atoms with Gasteiger partial charge in [-0.2, -0.15) is 13.2 Å². The highest BCUT2D eigenvalue weighted by Crippen LogP contribution is 2.13. The van der Waals surface area contributed by atoms with Gasteiger partial charge in [0.25, 0.3) is 0 Å². The fraction of sp³-hybridized carbons (Fsp3) is 0.750. The zero-order chi connectivity index (χ0) is 8.91. The molecule has 0 aromatic heterocycles. The summed E-state index contributed by atoms with van der Waals surface area (Å²) >= 11 is 0. The van der Waals surface area contributed by atoms with Crippen LogP contribution in [-0.2, 0) is 4.84 Å². The molecule has 0 aromatic rings. The molecule has 0 aliphatic carbocycles. The second kappa shape index (κ2) is 4.02. The monoisotopic (exact) mass is 172 g/mol. The Balaban J connectivity index is 3.35. The smallest absolute Gasteiger partial charge is 0.339 e. The summed E-state index contributed by atoms with van der Waals surface area (Å²) in [5, 5.41) is 2.01. The molecule has 0 aliphatic rings. The number of alkyl halides is 3. The second-order valence-electron chi connectivity index (χ2n) is 1.59. The zero-order valence-electron chi connectivity index (χ0n) is 5.66. The molecule has 0 bridgehead atoms. The summed E-state index contributed by atoms with van der Waals surface area (Å²) in [6.45, 7) is -1.50. The van der Waals surface area contributed by atoms with Gasteiger partial charge in [0, 0.05) is 7.05 Å². The van der Waals surface area contributed by atoms with Crippen LogP contribution < -0.4 is 10.8 Å². The van der Waals surface area contributed by atoms with Crippen LogP contribution in [0.25, 0.3) is 0 Å². The van der Waals surface area contributed by atoms with E-state index in [0.717, 1.165) is 0 Å². The molecule has 2 N–H and O–H groups in total. The minimum atomic E-state index is -4.43. The van der Waals surface area contributed by atoms with E-state index in [0.29, 0.717) is 0 Å². The molecule has 0 aliphatic heterocycles. The number of rotatable bonds is 2. The third kappa shape index (κ3) is 6.91. The van der Waals surface area contributed by atoms with Gasteiger partial charge in [0.1, 0.15) is 0 Å². The van der Waals surface area contributed by atoms with Crippen LogP contribution in [-0.4, -0.2) is 25.9 Å². The van der Waals surface area contributed by atoms with E-state index < -0.39 is 18.8 Å². The van der Waals surface area contributed by atoms with E-state index in [2.05, 4.69) is 4.84 Å². The number of hydroxylamine groups is 1. The Morgan fingerprint density at radius 1 is 1.55 bits per heavy atom. The summed E-state index contributed by atoms with van der Waals surface area (Å²) in [6.07, 6.45) is -4.43. The average Bonchev–Trinajstić information content (AvgIpc) is 1.85. The van der Waals surface area contributed by atoms with Crippen LogP contribution in [0.4, 0.5) is 18.0 Å². The van der Waals surface area contributed by atoms with Crippen molar-refractivity contribution in [3.8, 4) is 0 Å². The number of carbonyl (C=O) groups excluding carboxylic acids is 1. The van der Waals surface area contributed by atoms with E-state index in [4.69, 9.17) is 0 Å². The summed E-state index contributed by atoms with van der Waals surface area (Å²) in [7, 11) is 1.26. The Labute approximate surface area is 60.7 Å². The molecule has 0 spiro atoms. The first-order valence-corrected chi connectivity index (χ1v) is 2.62. The molecular weight excluding hydrogens is 165 g/mol. The molecule has 0 rings (SSSR count). The molecule has 0 aromatic carbocycles. The Morgan fingerprint density at radius 3 is 2.45 bits per heavy atom. The molecule has 0 saturated carbocycles. The van der Waals surface area contributed by atoms with Gasteiger partial charge in [0.05, 0.1) is 0 Å². The molecule has 66 valence electrons. The highest BCUT2D eigenvalue weighted by molar-refractivity contribution is 5.72. The van der Waals surface area contributed by atoms with Crippen molar-refractivity contribution in [3.63, 3.8) is 0 Å². The number of halogens is 3. The van der Waals surface area contributed by atoms with Crippen LogP contribution in [0.2, 0.25) is 0 Å². The second-order valence-corrected chi connectivity index (χ2v) is 1.59. The number of hydrogen-bond acceptors (Lipinski definition) is 2. The normalized spacial score (nSPS) is 10.9. The highest BCUT2D eigenvalue weighted by Gasteiger charge is 2.28. The van der Waals surface area contributed by atoms with Crippen molar-refractivity contribution < 1.29 is 22.8 Å². The minimum Gasteiger partial charge on any atom is -0.339 e. The molecule has 7 heteroatoms. The first-order valence-electron chi connectivity index (χ1n) is 2.62. The summed E-state index contributed by atoms with van der Waals surface area (Å²) < 4.78 is 33.9. The molecule has 0 atom stereocenters. The lowest BCUT2D eigenvalue weighted by atomic mass is 10.7. The van der Waals surface area contributed by atoms with Gasteiger partial charge in [-0.1, -0.05) is 0 Å². The van der Waals surface area contributed by atoms with Crippen molar-refractivity contribution in [3.05, 3.63) is 0 Å². The maximum atomic E-state index is 11.3. The topological polar surface area (TPSA) is 50.4 Å². The first kappa shape index (κ1) is 10.0. The molecule has 0 heterocycles. The Bertz CT molecular complexity index is 136. The molecular formula is C4H7F3N2O2. The van der Waals surface area contributed by atoms with Crippen LogP contribution in [0.5, 0.6) is 0 Å². The third-order valence-electron chi connectivity index (χ3n) is 0.628. The van der Waals surface area contributed by atoms with Crippen LogP contribution in [0, 0.1) is 0 Å². The predicted octanol–water partition coefficient (Wildman–Crippen LogP) is 0.409. The maximum Gasteiger partial charge on any atom is 0.414 e. The third-order valence-corrected chi connectivity index (χ3v) is 0.628. The van der Waals surface area contributed by atoms with E-state index >= 15 is 0 Å². The van der Waals surface area contributed by atoms with E-state index in [1.54, 1.807) is 0 Å². The maximum absolute atomic E-state index is 11.3. The summed E-state index contributed by atoms with van der Waals surface area (Å²) in [6, 6.07) is -0.825. The molecule has 0 unspecified atom stereocenters. The number of carbonyl (C=O) groups is 1. The van der Waals surface area contributed by atoms with Crippen molar-refractivity contribution >= 4 is 6.03 Å². The van der Waals surface area contributed by atoms with Crippen LogP contribution >= 0.6 is 0 Å². The minimum absolute atomic E-state index is 0.825. The van der Waals surface area contributed by atoms with Crippen LogP contribution in [0.15, 0.2) is 0 Å². The van der Waals surface area contributed by atoms with Crippen molar-refractivity contribution in [2.45, 2.75) is 6.18 Å². The van der Waals surface area contributed by atoms with Crippen LogP contribution in [0.1, 0.15) is 0 Å². The van der Waals surface area contributed by atoms with Gasteiger partial charge in [-0.05, 0) is 0 Å². The van der Waals surface area contributed by atoms with E-state index in [1.165, 1.54) is 12.5 Å². The quantitative estimate of drug-likeness (QED) is 0.592. The summed E-state index contributed by atoms with van der Waals surface area (Å²) in [5.74, 6) is 0. The standard InChI is InChI=1S/C4H7F3N2O2/c1-8-3(10)9-11-2-4(5,6)7/h2H2,1H3,(H2,8,9,10). The van der Waals surface area contributed by atoms with E-state index in [-0.39, 0.29) is 0 Å². The zero-order valence-corrected chi connectivity index (χ0v) is 5.66. The molecule has 0 radical (unpaired) electrons. The number of hydrogen-bond donors (Lipinski definition) is 2. The molecule has 0 fully saturated rings. The Morgan fingerprint density at radius 2 is 2.09 bits per heavy atom. The van der Waals surface area contributed by atoms with E-state index in [9.17, 15) is 18.0 Å². The van der Waals surface area contributed by atoms with Gasteiger partial charge < -0.3 is 5.32 Å². The molecule has 4 nitrogen and oxygen atoms in total. The largest absolute Gasteiger partial charge is 0.414 e. The summed E-state index contributed by atoms with van der Waals surface area (Å²) in [4.78, 5) is 13.9. The predicted molar refractivity (Wildman–Crippen MR) is 29.6 cm³/mol. The summed E-state index contributed by atoms with van der Waals surface area (Å²) in [5.41, 5.74) is 1.52. The highest BCUT2D eigenvalue weighted by atomic mass is 19.4. The van der Waals surface area contributed by atoms with Crippen molar-refractivity contribution in [1.29, 1.82) is 0 Å². The lowest BCUT2D eigenvalue weighted by Gasteiger charge is -2.06. The number of urea groups is 1. The number of amides is 2. The Hall–Kier alpha value is -0.980. The molecule has 0 saturated heterocycles.